The molecule has 0 bridgehead atoms. The van der Waals surface area contributed by atoms with E-state index in [1.54, 1.807) is 48.3 Å². The summed E-state index contributed by atoms with van der Waals surface area (Å²) < 4.78 is 0. The van der Waals surface area contributed by atoms with Gasteiger partial charge in [-0.15, -0.1) is 0 Å². The van der Waals surface area contributed by atoms with Crippen LogP contribution in [0.1, 0.15) is 29.8 Å². The highest BCUT2D eigenvalue weighted by Gasteiger charge is 2.27. The molecule has 0 aliphatic rings. The van der Waals surface area contributed by atoms with Crippen molar-refractivity contribution >= 4 is 23.4 Å². The van der Waals surface area contributed by atoms with Gasteiger partial charge in [-0.2, -0.15) is 0 Å². The fourth-order valence-corrected chi connectivity index (χ4v) is 2.63. The zero-order chi connectivity index (χ0) is 18.4. The van der Waals surface area contributed by atoms with Crippen molar-refractivity contribution in [1.82, 2.24) is 10.2 Å². The van der Waals surface area contributed by atoms with Crippen molar-refractivity contribution < 1.29 is 9.59 Å². The van der Waals surface area contributed by atoms with Gasteiger partial charge in [0.1, 0.15) is 6.04 Å². The summed E-state index contributed by atoms with van der Waals surface area (Å²) >= 11 is 5.89. The number of nitrogens with zero attached hydrogens (tertiary/aromatic N) is 1. The molecule has 2 rings (SSSR count). The van der Waals surface area contributed by atoms with E-state index >= 15 is 0 Å². The monoisotopic (exact) mass is 358 g/mol. The molecule has 25 heavy (non-hydrogen) atoms. The fourth-order valence-electron chi connectivity index (χ4n) is 2.51. The van der Waals surface area contributed by atoms with Crippen LogP contribution in [0.3, 0.4) is 0 Å². The van der Waals surface area contributed by atoms with E-state index in [-0.39, 0.29) is 17.7 Å². The molecule has 1 unspecified atom stereocenters. The Labute approximate surface area is 153 Å². The van der Waals surface area contributed by atoms with E-state index < -0.39 is 6.04 Å². The number of nitrogens with one attached hydrogen (secondary N) is 1. The second-order valence-electron chi connectivity index (χ2n) is 6.38. The number of halogens is 1. The van der Waals surface area contributed by atoms with Gasteiger partial charge in [-0.3, -0.25) is 9.59 Å². The second-order valence-corrected chi connectivity index (χ2v) is 6.82. The molecular formula is C20H23ClN2O2. The molecule has 5 heteroatoms. The summed E-state index contributed by atoms with van der Waals surface area (Å²) in [7, 11) is 1.74. The lowest BCUT2D eigenvalue weighted by molar-refractivity contribution is -0.133. The summed E-state index contributed by atoms with van der Waals surface area (Å²) in [4.78, 5) is 26.8. The highest BCUT2D eigenvalue weighted by Crippen LogP contribution is 2.13. The van der Waals surface area contributed by atoms with Gasteiger partial charge in [0.15, 0.2) is 0 Å². The Kier molecular flexibility index (Phi) is 6.59. The molecule has 1 atom stereocenters. The van der Waals surface area contributed by atoms with Crippen LogP contribution < -0.4 is 5.32 Å². The molecule has 132 valence electrons. The van der Waals surface area contributed by atoms with Crippen LogP contribution in [0.25, 0.3) is 0 Å². The molecule has 0 saturated carbocycles. The molecule has 0 saturated heterocycles. The number of rotatable bonds is 6. The summed E-state index contributed by atoms with van der Waals surface area (Å²) in [5.41, 5.74) is 1.53. The maximum Gasteiger partial charge on any atom is 0.251 e. The van der Waals surface area contributed by atoms with Crippen molar-refractivity contribution in [2.75, 3.05) is 7.05 Å². The third-order valence-corrected chi connectivity index (χ3v) is 4.22. The molecule has 0 fully saturated rings. The molecule has 0 aliphatic carbocycles. The minimum atomic E-state index is -0.579. The molecule has 0 heterocycles. The van der Waals surface area contributed by atoms with Gasteiger partial charge in [-0.1, -0.05) is 55.8 Å². The Morgan fingerprint density at radius 2 is 1.64 bits per heavy atom. The Balaban J connectivity index is 2.06. The topological polar surface area (TPSA) is 49.4 Å². The van der Waals surface area contributed by atoms with E-state index in [1.165, 1.54) is 0 Å². The first-order chi connectivity index (χ1) is 11.9. The van der Waals surface area contributed by atoms with E-state index in [0.29, 0.717) is 17.1 Å². The van der Waals surface area contributed by atoms with Crippen molar-refractivity contribution in [1.29, 1.82) is 0 Å². The van der Waals surface area contributed by atoms with Crippen molar-refractivity contribution in [2.24, 2.45) is 5.92 Å². The fraction of sp³-hybridized carbons (Fsp3) is 0.300. The molecule has 0 aromatic heterocycles. The van der Waals surface area contributed by atoms with Crippen molar-refractivity contribution in [3.63, 3.8) is 0 Å². The van der Waals surface area contributed by atoms with Gasteiger partial charge in [0.25, 0.3) is 5.91 Å². The van der Waals surface area contributed by atoms with Gasteiger partial charge >= 0.3 is 0 Å². The van der Waals surface area contributed by atoms with Gasteiger partial charge in [0.2, 0.25) is 5.91 Å². The van der Waals surface area contributed by atoms with E-state index in [9.17, 15) is 9.59 Å². The number of carbonyl (C=O) groups is 2. The van der Waals surface area contributed by atoms with E-state index in [2.05, 4.69) is 5.32 Å². The third-order valence-electron chi connectivity index (χ3n) is 3.96. The van der Waals surface area contributed by atoms with Gasteiger partial charge in [-0.05, 0) is 35.7 Å². The average Bonchev–Trinajstić information content (AvgIpc) is 2.61. The number of carbonyl (C=O) groups excluding carboxylic acids is 2. The van der Waals surface area contributed by atoms with Crippen LogP contribution in [0, 0.1) is 5.92 Å². The smallest absolute Gasteiger partial charge is 0.251 e. The molecule has 0 radical (unpaired) electrons. The highest BCUT2D eigenvalue weighted by atomic mass is 35.5. The minimum Gasteiger partial charge on any atom is -0.340 e. The Morgan fingerprint density at radius 3 is 2.20 bits per heavy atom. The molecule has 0 aliphatic heterocycles. The van der Waals surface area contributed by atoms with Crippen LogP contribution in [-0.2, 0) is 11.3 Å². The summed E-state index contributed by atoms with van der Waals surface area (Å²) in [5, 5.41) is 3.52. The lowest BCUT2D eigenvalue weighted by atomic mass is 10.0. The lowest BCUT2D eigenvalue weighted by Gasteiger charge is -2.27. The SMILES string of the molecule is CC(C)C(NC(=O)c1ccccc1)C(=O)N(C)Cc1ccc(Cl)cc1. The van der Waals surface area contributed by atoms with Crippen LogP contribution in [0.5, 0.6) is 0 Å². The van der Waals surface area contributed by atoms with Crippen LogP contribution in [0.15, 0.2) is 54.6 Å². The summed E-state index contributed by atoms with van der Waals surface area (Å²) in [6.07, 6.45) is 0. The quantitative estimate of drug-likeness (QED) is 0.854. The maximum atomic E-state index is 12.8. The Hall–Kier alpha value is -2.33. The number of benzene rings is 2. The van der Waals surface area contributed by atoms with Gasteiger partial charge in [0.05, 0.1) is 0 Å². The first-order valence-corrected chi connectivity index (χ1v) is 8.61. The summed E-state index contributed by atoms with van der Waals surface area (Å²) in [6, 6.07) is 15.7. The van der Waals surface area contributed by atoms with E-state index in [0.717, 1.165) is 5.56 Å². The van der Waals surface area contributed by atoms with Crippen LogP contribution in [0.4, 0.5) is 0 Å². The first-order valence-electron chi connectivity index (χ1n) is 8.24. The van der Waals surface area contributed by atoms with E-state index in [4.69, 9.17) is 11.6 Å². The van der Waals surface area contributed by atoms with Crippen LogP contribution >= 0.6 is 11.6 Å². The molecule has 1 N–H and O–H groups in total. The van der Waals surface area contributed by atoms with Crippen molar-refractivity contribution in [3.05, 3.63) is 70.7 Å². The molecule has 0 spiro atoms. The number of hydrogen-bond acceptors (Lipinski definition) is 2. The van der Waals surface area contributed by atoms with E-state index in [1.807, 2.05) is 32.0 Å². The average molecular weight is 359 g/mol. The van der Waals surface area contributed by atoms with Crippen molar-refractivity contribution in [3.8, 4) is 0 Å². The van der Waals surface area contributed by atoms with Crippen molar-refractivity contribution in [2.45, 2.75) is 26.4 Å². The molecule has 2 amide bonds. The predicted octanol–water partition coefficient (Wildman–Crippen LogP) is 3.75. The molecule has 4 nitrogen and oxygen atoms in total. The Bertz CT molecular complexity index is 714. The van der Waals surface area contributed by atoms with Gasteiger partial charge in [-0.25, -0.2) is 0 Å². The van der Waals surface area contributed by atoms with Crippen LogP contribution in [0.2, 0.25) is 5.02 Å². The molecular weight excluding hydrogens is 336 g/mol. The predicted molar refractivity (Wildman–Crippen MR) is 100 cm³/mol. The number of hydrogen-bond donors (Lipinski definition) is 1. The minimum absolute atomic E-state index is 0.0205. The zero-order valence-electron chi connectivity index (χ0n) is 14.7. The molecule has 2 aromatic rings. The highest BCUT2D eigenvalue weighted by molar-refractivity contribution is 6.30. The number of likely N-dealkylation sites (N-methyl/N-ethyl adjacent to an activating group) is 1. The van der Waals surface area contributed by atoms with Gasteiger partial charge in [0, 0.05) is 24.2 Å². The zero-order valence-corrected chi connectivity index (χ0v) is 15.5. The normalized spacial score (nSPS) is 11.9. The third kappa shape index (κ3) is 5.33. The number of amides is 2. The molecule has 2 aromatic carbocycles. The summed E-state index contributed by atoms with van der Waals surface area (Å²) in [6.45, 7) is 4.30. The maximum absolute atomic E-state index is 12.8. The lowest BCUT2D eigenvalue weighted by Crippen LogP contribution is -2.50. The summed E-state index contributed by atoms with van der Waals surface area (Å²) in [5.74, 6) is -0.380. The van der Waals surface area contributed by atoms with Gasteiger partial charge < -0.3 is 10.2 Å². The second kappa shape index (κ2) is 8.67. The first kappa shape index (κ1) is 19.0. The largest absolute Gasteiger partial charge is 0.340 e. The Morgan fingerprint density at radius 1 is 1.04 bits per heavy atom. The van der Waals surface area contributed by atoms with Crippen LogP contribution in [-0.4, -0.2) is 29.8 Å². The standard InChI is InChI=1S/C20H23ClN2O2/c1-14(2)18(22-19(24)16-7-5-4-6-8-16)20(25)23(3)13-15-9-11-17(21)12-10-15/h4-12,14,18H,13H2,1-3H3,(H,22,24).